The van der Waals surface area contributed by atoms with E-state index in [0.29, 0.717) is 5.92 Å². The molecule has 1 aliphatic heterocycles. The Bertz CT molecular complexity index is 709. The lowest BCUT2D eigenvalue weighted by molar-refractivity contribution is -0.122. The highest BCUT2D eigenvalue weighted by Crippen LogP contribution is 2.11. The zero-order chi connectivity index (χ0) is 14.8. The largest absolute Gasteiger partial charge is 0.351 e. The van der Waals surface area contributed by atoms with Gasteiger partial charge in [0, 0.05) is 6.04 Å². The van der Waals surface area contributed by atoms with Gasteiger partial charge in [0.1, 0.15) is 6.54 Å². The van der Waals surface area contributed by atoms with Crippen LogP contribution in [0.4, 0.5) is 0 Å². The van der Waals surface area contributed by atoms with Gasteiger partial charge in [-0.3, -0.25) is 9.36 Å². The first-order chi connectivity index (χ1) is 10.1. The van der Waals surface area contributed by atoms with E-state index in [1.54, 1.807) is 0 Å². The molecule has 1 aromatic heterocycles. The van der Waals surface area contributed by atoms with Crippen molar-refractivity contribution < 1.29 is 4.79 Å². The van der Waals surface area contributed by atoms with Gasteiger partial charge in [-0.25, -0.2) is 4.79 Å². The van der Waals surface area contributed by atoms with Crippen LogP contribution in [-0.2, 0) is 11.3 Å². The maximum Gasteiger partial charge on any atom is 0.326 e. The summed E-state index contributed by atoms with van der Waals surface area (Å²) in [5.41, 5.74) is 1.27. The fourth-order valence-electron chi connectivity index (χ4n) is 2.89. The van der Waals surface area contributed by atoms with Crippen molar-refractivity contribution in [2.45, 2.75) is 25.9 Å². The SMILES string of the molecule is CC1CNCCC1NC(=O)Cn1c(=O)[nH]c2ccccc21.Cl. The Hall–Kier alpha value is -1.79. The lowest BCUT2D eigenvalue weighted by Crippen LogP contribution is -2.49. The van der Waals surface area contributed by atoms with E-state index in [9.17, 15) is 9.59 Å². The van der Waals surface area contributed by atoms with Crippen molar-refractivity contribution >= 4 is 29.3 Å². The molecule has 2 aromatic rings. The van der Waals surface area contributed by atoms with Crippen molar-refractivity contribution in [1.82, 2.24) is 20.2 Å². The van der Waals surface area contributed by atoms with E-state index in [0.717, 1.165) is 30.5 Å². The highest BCUT2D eigenvalue weighted by Gasteiger charge is 2.23. The van der Waals surface area contributed by atoms with Crippen LogP contribution in [0.2, 0.25) is 0 Å². The van der Waals surface area contributed by atoms with E-state index in [-0.39, 0.29) is 36.6 Å². The molecule has 0 spiro atoms. The third kappa shape index (κ3) is 3.34. The molecule has 3 rings (SSSR count). The maximum absolute atomic E-state index is 12.2. The second kappa shape index (κ2) is 6.98. The number of carbonyl (C=O) groups is 1. The van der Waals surface area contributed by atoms with E-state index in [1.165, 1.54) is 4.57 Å². The second-order valence-corrected chi connectivity index (χ2v) is 5.68. The monoisotopic (exact) mass is 324 g/mol. The standard InChI is InChI=1S/C15H20N4O2.ClH/c1-10-8-16-7-6-11(10)17-14(20)9-19-13-5-3-2-4-12(13)18-15(19)21;/h2-5,10-11,16H,6-9H2,1H3,(H,17,20)(H,18,21);1H. The second-order valence-electron chi connectivity index (χ2n) is 5.68. The van der Waals surface area contributed by atoms with Gasteiger partial charge >= 0.3 is 5.69 Å². The lowest BCUT2D eigenvalue weighted by Gasteiger charge is -2.30. The van der Waals surface area contributed by atoms with Gasteiger partial charge in [-0.05, 0) is 37.6 Å². The van der Waals surface area contributed by atoms with Crippen LogP contribution in [0.25, 0.3) is 11.0 Å². The zero-order valence-electron chi connectivity index (χ0n) is 12.5. The van der Waals surface area contributed by atoms with E-state index >= 15 is 0 Å². The molecule has 6 nitrogen and oxygen atoms in total. The molecule has 0 aliphatic carbocycles. The number of halogens is 1. The van der Waals surface area contributed by atoms with E-state index in [2.05, 4.69) is 22.5 Å². The van der Waals surface area contributed by atoms with Gasteiger partial charge < -0.3 is 15.6 Å². The Balaban J connectivity index is 0.00000176. The Morgan fingerprint density at radius 3 is 2.95 bits per heavy atom. The van der Waals surface area contributed by atoms with Crippen molar-refractivity contribution in [1.29, 1.82) is 0 Å². The highest BCUT2D eigenvalue weighted by atomic mass is 35.5. The van der Waals surface area contributed by atoms with E-state index in [1.807, 2.05) is 24.3 Å². The molecule has 2 unspecified atom stereocenters. The zero-order valence-corrected chi connectivity index (χ0v) is 13.3. The number of carbonyl (C=O) groups excluding carboxylic acids is 1. The first-order valence-corrected chi connectivity index (χ1v) is 7.33. The smallest absolute Gasteiger partial charge is 0.326 e. The summed E-state index contributed by atoms with van der Waals surface area (Å²) in [4.78, 5) is 26.9. The van der Waals surface area contributed by atoms with E-state index in [4.69, 9.17) is 0 Å². The predicted octanol–water partition coefficient (Wildman–Crippen LogP) is 0.866. The predicted molar refractivity (Wildman–Crippen MR) is 88.4 cm³/mol. The molecule has 1 aromatic carbocycles. The van der Waals surface area contributed by atoms with Crippen LogP contribution in [-0.4, -0.2) is 34.6 Å². The first-order valence-electron chi connectivity index (χ1n) is 7.33. The van der Waals surface area contributed by atoms with Gasteiger partial charge in [0.25, 0.3) is 0 Å². The number of H-pyrrole nitrogens is 1. The minimum absolute atomic E-state index is 0. The van der Waals surface area contributed by atoms with Crippen LogP contribution in [0.3, 0.4) is 0 Å². The normalized spacial score (nSPS) is 21.3. The number of para-hydroxylation sites is 2. The van der Waals surface area contributed by atoms with Crippen LogP contribution in [0, 0.1) is 5.92 Å². The summed E-state index contributed by atoms with van der Waals surface area (Å²) in [7, 11) is 0. The molecule has 0 bridgehead atoms. The topological polar surface area (TPSA) is 78.9 Å². The molecular weight excluding hydrogens is 304 g/mol. The number of fused-ring (bicyclic) bond motifs is 1. The van der Waals surface area contributed by atoms with Crippen LogP contribution >= 0.6 is 12.4 Å². The molecular formula is C15H21ClN4O2. The van der Waals surface area contributed by atoms with Crippen molar-refractivity contribution in [3.63, 3.8) is 0 Å². The lowest BCUT2D eigenvalue weighted by atomic mass is 9.95. The number of aromatic nitrogens is 2. The van der Waals surface area contributed by atoms with Crippen LogP contribution < -0.4 is 16.3 Å². The number of hydrogen-bond acceptors (Lipinski definition) is 3. The number of rotatable bonds is 3. The summed E-state index contributed by atoms with van der Waals surface area (Å²) < 4.78 is 1.48. The summed E-state index contributed by atoms with van der Waals surface area (Å²) in [5, 5.41) is 6.35. The minimum Gasteiger partial charge on any atom is -0.351 e. The summed E-state index contributed by atoms with van der Waals surface area (Å²) >= 11 is 0. The van der Waals surface area contributed by atoms with Gasteiger partial charge in [-0.15, -0.1) is 12.4 Å². The highest BCUT2D eigenvalue weighted by molar-refractivity contribution is 5.85. The molecule has 0 radical (unpaired) electrons. The summed E-state index contributed by atoms with van der Waals surface area (Å²) in [6, 6.07) is 7.58. The fraction of sp³-hybridized carbons (Fsp3) is 0.467. The average Bonchev–Trinajstić information content (AvgIpc) is 2.78. The molecule has 1 amide bonds. The molecule has 1 fully saturated rings. The molecule has 0 saturated carbocycles. The molecule has 3 N–H and O–H groups in total. The Morgan fingerprint density at radius 1 is 1.41 bits per heavy atom. The van der Waals surface area contributed by atoms with Crippen molar-refractivity contribution in [3.05, 3.63) is 34.7 Å². The number of nitrogens with one attached hydrogen (secondary N) is 3. The van der Waals surface area contributed by atoms with Gasteiger partial charge in [0.2, 0.25) is 5.91 Å². The third-order valence-corrected chi connectivity index (χ3v) is 4.12. The van der Waals surface area contributed by atoms with Crippen LogP contribution in [0.1, 0.15) is 13.3 Å². The van der Waals surface area contributed by atoms with Gasteiger partial charge in [0.15, 0.2) is 0 Å². The van der Waals surface area contributed by atoms with Crippen molar-refractivity contribution in [2.75, 3.05) is 13.1 Å². The van der Waals surface area contributed by atoms with Crippen LogP contribution in [0.5, 0.6) is 0 Å². The fourth-order valence-corrected chi connectivity index (χ4v) is 2.89. The molecule has 120 valence electrons. The molecule has 22 heavy (non-hydrogen) atoms. The van der Waals surface area contributed by atoms with Gasteiger partial charge in [0.05, 0.1) is 11.0 Å². The molecule has 2 atom stereocenters. The Kier molecular flexibility index (Phi) is 5.26. The van der Waals surface area contributed by atoms with E-state index < -0.39 is 0 Å². The number of amides is 1. The number of hydrogen-bond donors (Lipinski definition) is 3. The summed E-state index contributed by atoms with van der Waals surface area (Å²) in [6.07, 6.45) is 0.926. The van der Waals surface area contributed by atoms with Crippen molar-refractivity contribution in [2.24, 2.45) is 5.92 Å². The summed E-state index contributed by atoms with van der Waals surface area (Å²) in [6.45, 7) is 4.01. The molecule has 2 heterocycles. The Morgan fingerprint density at radius 2 is 2.18 bits per heavy atom. The number of imidazole rings is 1. The quantitative estimate of drug-likeness (QED) is 0.783. The number of piperidine rings is 1. The number of benzene rings is 1. The van der Waals surface area contributed by atoms with Gasteiger partial charge in [-0.2, -0.15) is 0 Å². The molecule has 1 saturated heterocycles. The minimum atomic E-state index is -0.246. The average molecular weight is 325 g/mol. The molecule has 7 heteroatoms. The maximum atomic E-state index is 12.2. The number of aromatic amines is 1. The summed E-state index contributed by atoms with van der Waals surface area (Å²) in [5.74, 6) is 0.294. The number of nitrogens with zero attached hydrogens (tertiary/aromatic N) is 1. The van der Waals surface area contributed by atoms with Crippen LogP contribution in [0.15, 0.2) is 29.1 Å². The van der Waals surface area contributed by atoms with Crippen molar-refractivity contribution in [3.8, 4) is 0 Å². The third-order valence-electron chi connectivity index (χ3n) is 4.12. The molecule has 1 aliphatic rings. The first kappa shape index (κ1) is 16.6. The van der Waals surface area contributed by atoms with Gasteiger partial charge in [-0.1, -0.05) is 19.1 Å². The Labute approximate surface area is 134 Å².